The Balaban J connectivity index is 2.14. The monoisotopic (exact) mass is 243 g/mol. The van der Waals surface area contributed by atoms with Crippen molar-refractivity contribution in [2.24, 2.45) is 0 Å². The van der Waals surface area contributed by atoms with E-state index in [9.17, 15) is 4.21 Å². The minimum absolute atomic E-state index is 0.642. The normalized spacial score (nSPS) is 12.6. The number of hydrogen-bond acceptors (Lipinski definition) is 3. The Morgan fingerprint density at radius 1 is 1.40 bits per heavy atom. The number of aromatic nitrogens is 1. The van der Waals surface area contributed by atoms with Gasteiger partial charge >= 0.3 is 0 Å². The van der Waals surface area contributed by atoms with Crippen LogP contribution in [-0.2, 0) is 10.8 Å². The topological polar surface area (TPSA) is 30.0 Å². The standard InChI is InChI=1S/C11H17NOS2/c1-2-3-9-15(13)10-8-14-11-6-4-5-7-12-11/h4-7H,2-3,8-10H2,1H3/t15-/m0/s1. The predicted octanol–water partition coefficient (Wildman–Crippen LogP) is 2.72. The molecule has 0 N–H and O–H groups in total. The minimum atomic E-state index is -0.642. The van der Waals surface area contributed by atoms with Crippen LogP contribution in [0.2, 0.25) is 0 Å². The van der Waals surface area contributed by atoms with Crippen molar-refractivity contribution in [3.8, 4) is 0 Å². The molecule has 0 amide bonds. The lowest BCUT2D eigenvalue weighted by Crippen LogP contribution is -2.04. The van der Waals surface area contributed by atoms with Crippen LogP contribution in [0.1, 0.15) is 19.8 Å². The molecule has 0 aromatic carbocycles. The molecule has 0 saturated heterocycles. The lowest BCUT2D eigenvalue weighted by Gasteiger charge is -2.01. The molecule has 0 aliphatic heterocycles. The van der Waals surface area contributed by atoms with Crippen molar-refractivity contribution in [1.29, 1.82) is 0 Å². The second kappa shape index (κ2) is 7.88. The van der Waals surface area contributed by atoms with Gasteiger partial charge in [0.15, 0.2) is 0 Å². The summed E-state index contributed by atoms with van der Waals surface area (Å²) >= 11 is 1.68. The van der Waals surface area contributed by atoms with Crippen molar-refractivity contribution >= 4 is 22.6 Å². The fourth-order valence-electron chi connectivity index (χ4n) is 1.08. The van der Waals surface area contributed by atoms with Crippen molar-refractivity contribution in [3.05, 3.63) is 24.4 Å². The van der Waals surface area contributed by atoms with Gasteiger partial charge in [-0.1, -0.05) is 19.4 Å². The van der Waals surface area contributed by atoms with E-state index >= 15 is 0 Å². The van der Waals surface area contributed by atoms with Crippen LogP contribution < -0.4 is 0 Å². The Morgan fingerprint density at radius 3 is 2.93 bits per heavy atom. The van der Waals surface area contributed by atoms with E-state index in [1.807, 2.05) is 18.2 Å². The maximum Gasteiger partial charge on any atom is 0.0960 e. The smallest absolute Gasteiger partial charge is 0.0960 e. The van der Waals surface area contributed by atoms with Gasteiger partial charge in [0, 0.05) is 34.3 Å². The molecule has 15 heavy (non-hydrogen) atoms. The molecular weight excluding hydrogens is 226 g/mol. The number of nitrogens with zero attached hydrogens (tertiary/aromatic N) is 1. The molecule has 1 heterocycles. The molecule has 1 atom stereocenters. The van der Waals surface area contributed by atoms with Crippen molar-refractivity contribution in [2.75, 3.05) is 17.3 Å². The zero-order chi connectivity index (χ0) is 10.9. The van der Waals surface area contributed by atoms with Gasteiger partial charge in [0.2, 0.25) is 0 Å². The van der Waals surface area contributed by atoms with Gasteiger partial charge < -0.3 is 0 Å². The fraction of sp³-hybridized carbons (Fsp3) is 0.545. The molecule has 0 saturated carbocycles. The van der Waals surface area contributed by atoms with Crippen LogP contribution in [-0.4, -0.2) is 26.5 Å². The quantitative estimate of drug-likeness (QED) is 0.690. The highest BCUT2D eigenvalue weighted by Crippen LogP contribution is 2.13. The van der Waals surface area contributed by atoms with Gasteiger partial charge in [0.05, 0.1) is 5.03 Å². The predicted molar refractivity (Wildman–Crippen MR) is 67.7 cm³/mol. The third-order valence-electron chi connectivity index (χ3n) is 1.92. The summed E-state index contributed by atoms with van der Waals surface area (Å²) in [6, 6.07) is 5.87. The van der Waals surface area contributed by atoms with Gasteiger partial charge in [0.25, 0.3) is 0 Å². The Labute approximate surface area is 98.3 Å². The van der Waals surface area contributed by atoms with E-state index in [2.05, 4.69) is 11.9 Å². The van der Waals surface area contributed by atoms with Crippen LogP contribution in [0.4, 0.5) is 0 Å². The minimum Gasteiger partial charge on any atom is -0.260 e. The van der Waals surface area contributed by atoms with E-state index in [-0.39, 0.29) is 0 Å². The zero-order valence-electron chi connectivity index (χ0n) is 9.02. The highest BCUT2D eigenvalue weighted by molar-refractivity contribution is 8.00. The van der Waals surface area contributed by atoms with Gasteiger partial charge in [-0.2, -0.15) is 0 Å². The van der Waals surface area contributed by atoms with E-state index in [4.69, 9.17) is 0 Å². The zero-order valence-corrected chi connectivity index (χ0v) is 10.6. The summed E-state index contributed by atoms with van der Waals surface area (Å²) in [6.45, 7) is 2.12. The lowest BCUT2D eigenvalue weighted by atomic mass is 10.4. The SMILES string of the molecule is CCCC[S@](=O)CCSc1ccccn1. The Morgan fingerprint density at radius 2 is 2.27 bits per heavy atom. The summed E-state index contributed by atoms with van der Waals surface area (Å²) in [7, 11) is -0.642. The van der Waals surface area contributed by atoms with Crippen LogP contribution in [0, 0.1) is 0 Å². The van der Waals surface area contributed by atoms with Gasteiger partial charge in [-0.15, -0.1) is 11.8 Å². The first kappa shape index (κ1) is 12.7. The second-order valence-corrected chi connectivity index (χ2v) is 6.03. The molecule has 4 heteroatoms. The maximum absolute atomic E-state index is 11.5. The average Bonchev–Trinajstić information content (AvgIpc) is 2.28. The molecule has 0 fully saturated rings. The van der Waals surface area contributed by atoms with Crippen LogP contribution in [0.15, 0.2) is 29.4 Å². The first-order chi connectivity index (χ1) is 7.33. The Bertz CT molecular complexity index is 290. The molecule has 0 unspecified atom stereocenters. The van der Waals surface area contributed by atoms with Gasteiger partial charge in [0.1, 0.15) is 0 Å². The largest absolute Gasteiger partial charge is 0.260 e. The molecule has 1 rings (SSSR count). The van der Waals surface area contributed by atoms with Crippen LogP contribution in [0.25, 0.3) is 0 Å². The summed E-state index contributed by atoms with van der Waals surface area (Å²) < 4.78 is 11.5. The van der Waals surface area contributed by atoms with Crippen molar-refractivity contribution in [3.63, 3.8) is 0 Å². The molecule has 0 bridgehead atoms. The lowest BCUT2D eigenvalue weighted by molar-refractivity contribution is 0.680. The maximum atomic E-state index is 11.5. The molecular formula is C11H17NOS2. The number of rotatable bonds is 7. The van der Waals surface area contributed by atoms with E-state index in [0.29, 0.717) is 0 Å². The van der Waals surface area contributed by atoms with Gasteiger partial charge in [-0.3, -0.25) is 4.21 Å². The molecule has 0 aliphatic rings. The van der Waals surface area contributed by atoms with E-state index in [1.165, 1.54) is 0 Å². The van der Waals surface area contributed by atoms with Gasteiger partial charge in [-0.05, 0) is 18.6 Å². The first-order valence-electron chi connectivity index (χ1n) is 5.21. The van der Waals surface area contributed by atoms with E-state index < -0.39 is 10.8 Å². The van der Waals surface area contributed by atoms with E-state index in [1.54, 1.807) is 18.0 Å². The number of pyridine rings is 1. The molecule has 0 aliphatic carbocycles. The summed E-state index contributed by atoms with van der Waals surface area (Å²) in [5.74, 6) is 2.52. The third kappa shape index (κ3) is 5.95. The Hall–Kier alpha value is -0.350. The summed E-state index contributed by atoms with van der Waals surface area (Å²) in [5, 5.41) is 1.02. The van der Waals surface area contributed by atoms with Crippen LogP contribution in [0.3, 0.4) is 0 Å². The first-order valence-corrected chi connectivity index (χ1v) is 7.69. The van der Waals surface area contributed by atoms with Gasteiger partial charge in [-0.25, -0.2) is 4.98 Å². The van der Waals surface area contributed by atoms with E-state index in [0.717, 1.165) is 35.1 Å². The highest BCUT2D eigenvalue weighted by Gasteiger charge is 2.00. The summed E-state index contributed by atoms with van der Waals surface area (Å²) in [6.07, 6.45) is 3.98. The molecule has 1 aromatic heterocycles. The van der Waals surface area contributed by atoms with Crippen molar-refractivity contribution in [1.82, 2.24) is 4.98 Å². The molecule has 2 nitrogen and oxygen atoms in total. The molecule has 1 aromatic rings. The number of thioether (sulfide) groups is 1. The second-order valence-electron chi connectivity index (χ2n) is 3.22. The molecule has 84 valence electrons. The average molecular weight is 243 g/mol. The van der Waals surface area contributed by atoms with Crippen LogP contribution >= 0.6 is 11.8 Å². The molecule has 0 spiro atoms. The number of hydrogen-bond donors (Lipinski definition) is 0. The summed E-state index contributed by atoms with van der Waals surface area (Å²) in [5.41, 5.74) is 0. The highest BCUT2D eigenvalue weighted by atomic mass is 32.2. The Kier molecular flexibility index (Phi) is 6.68. The van der Waals surface area contributed by atoms with Crippen molar-refractivity contribution < 1.29 is 4.21 Å². The molecule has 0 radical (unpaired) electrons. The summed E-state index contributed by atoms with van der Waals surface area (Å²) in [4.78, 5) is 4.20. The third-order valence-corrected chi connectivity index (χ3v) is 4.53. The van der Waals surface area contributed by atoms with Crippen LogP contribution in [0.5, 0.6) is 0 Å². The van der Waals surface area contributed by atoms with Crippen molar-refractivity contribution in [2.45, 2.75) is 24.8 Å². The fourth-order valence-corrected chi connectivity index (χ4v) is 3.49. The number of unbranched alkanes of at least 4 members (excludes halogenated alkanes) is 1.